The Labute approximate surface area is 157 Å². The molecule has 0 unspecified atom stereocenters. The van der Waals surface area contributed by atoms with Crippen LogP contribution in [0.5, 0.6) is 0 Å². The Morgan fingerprint density at radius 2 is 2.12 bits per heavy atom. The zero-order valence-corrected chi connectivity index (χ0v) is 15.4. The number of rotatable bonds is 7. The quantitative estimate of drug-likeness (QED) is 0.717. The number of carbonyl (C=O) groups excluding carboxylic acids is 3. The maximum atomic E-state index is 12.6. The minimum absolute atomic E-state index is 0.00107. The topological polar surface area (TPSA) is 70.2 Å². The summed E-state index contributed by atoms with van der Waals surface area (Å²) in [5, 5.41) is 0.529. The fourth-order valence-corrected chi connectivity index (χ4v) is 3.09. The lowest BCUT2D eigenvalue weighted by Crippen LogP contribution is -2.44. The van der Waals surface area contributed by atoms with Gasteiger partial charge in [0.2, 0.25) is 17.7 Å². The lowest BCUT2D eigenvalue weighted by Gasteiger charge is -2.25. The largest absolute Gasteiger partial charge is 0.383 e. The minimum Gasteiger partial charge on any atom is -0.383 e. The van der Waals surface area contributed by atoms with E-state index < -0.39 is 0 Å². The van der Waals surface area contributed by atoms with Crippen molar-refractivity contribution in [3.05, 3.63) is 29.3 Å². The smallest absolute Gasteiger partial charge is 0.248 e. The van der Waals surface area contributed by atoms with Crippen LogP contribution in [0.3, 0.4) is 0 Å². The molecule has 0 aromatic heterocycles. The zero-order valence-electron chi connectivity index (χ0n) is 14.7. The standard InChI is InChI=1S/C18H22ClN3O4/c1-26-8-7-20(18(25)13-5-6-13)10-16(23)21-11-17(24)22(12-21)15-4-2-3-14(19)9-15/h2-4,9,13H,5-8,10-12H2,1H3. The van der Waals surface area contributed by atoms with E-state index in [0.717, 1.165) is 12.8 Å². The van der Waals surface area contributed by atoms with Crippen molar-refractivity contribution in [2.75, 3.05) is 44.9 Å². The lowest BCUT2D eigenvalue weighted by molar-refractivity contribution is -0.141. The molecule has 0 N–H and O–H groups in total. The Bertz CT molecular complexity index is 707. The molecule has 1 aliphatic carbocycles. The molecular formula is C18H22ClN3O4. The fraction of sp³-hybridized carbons (Fsp3) is 0.500. The summed E-state index contributed by atoms with van der Waals surface area (Å²) in [6.07, 6.45) is 1.75. The summed E-state index contributed by atoms with van der Waals surface area (Å²) in [4.78, 5) is 41.8. The van der Waals surface area contributed by atoms with Crippen molar-refractivity contribution in [3.63, 3.8) is 0 Å². The van der Waals surface area contributed by atoms with E-state index in [4.69, 9.17) is 16.3 Å². The highest BCUT2D eigenvalue weighted by Gasteiger charge is 2.36. The number of carbonyl (C=O) groups is 3. The highest BCUT2D eigenvalue weighted by Crippen LogP contribution is 2.31. The van der Waals surface area contributed by atoms with Gasteiger partial charge in [0.15, 0.2) is 0 Å². The summed E-state index contributed by atoms with van der Waals surface area (Å²) in [7, 11) is 1.56. The maximum Gasteiger partial charge on any atom is 0.248 e. The van der Waals surface area contributed by atoms with Gasteiger partial charge < -0.3 is 14.5 Å². The summed E-state index contributed by atoms with van der Waals surface area (Å²) in [6.45, 7) is 0.876. The molecule has 1 saturated heterocycles. The average molecular weight is 380 g/mol. The molecule has 3 amide bonds. The van der Waals surface area contributed by atoms with Crippen LogP contribution < -0.4 is 4.90 Å². The number of methoxy groups -OCH3 is 1. The molecule has 26 heavy (non-hydrogen) atoms. The SMILES string of the molecule is COCCN(CC(=O)N1CC(=O)N(c2cccc(Cl)c2)C1)C(=O)C1CC1. The third kappa shape index (κ3) is 4.34. The van der Waals surface area contributed by atoms with Crippen LogP contribution in [0.2, 0.25) is 5.02 Å². The highest BCUT2D eigenvalue weighted by atomic mass is 35.5. The molecule has 0 radical (unpaired) electrons. The number of hydrogen-bond acceptors (Lipinski definition) is 4. The molecule has 1 heterocycles. The summed E-state index contributed by atoms with van der Waals surface area (Å²) in [6, 6.07) is 6.95. The first-order valence-corrected chi connectivity index (χ1v) is 8.99. The third-order valence-corrected chi connectivity index (χ3v) is 4.78. The van der Waals surface area contributed by atoms with E-state index in [2.05, 4.69) is 0 Å². The van der Waals surface area contributed by atoms with Crippen LogP contribution in [0.1, 0.15) is 12.8 Å². The van der Waals surface area contributed by atoms with Crippen LogP contribution in [0.15, 0.2) is 24.3 Å². The first kappa shape index (κ1) is 18.7. The van der Waals surface area contributed by atoms with Gasteiger partial charge in [-0.15, -0.1) is 0 Å². The highest BCUT2D eigenvalue weighted by molar-refractivity contribution is 6.31. The van der Waals surface area contributed by atoms with Crippen molar-refractivity contribution in [2.24, 2.45) is 5.92 Å². The lowest BCUT2D eigenvalue weighted by atomic mass is 10.3. The van der Waals surface area contributed by atoms with E-state index in [-0.39, 0.29) is 43.4 Å². The second kappa shape index (κ2) is 8.05. The van der Waals surface area contributed by atoms with Gasteiger partial charge in [-0.3, -0.25) is 19.3 Å². The van der Waals surface area contributed by atoms with Crippen LogP contribution >= 0.6 is 11.6 Å². The number of hydrogen-bond donors (Lipinski definition) is 0. The monoisotopic (exact) mass is 379 g/mol. The minimum atomic E-state index is -0.243. The second-order valence-corrected chi connectivity index (χ2v) is 7.00. The number of halogens is 1. The van der Waals surface area contributed by atoms with Crippen molar-refractivity contribution in [2.45, 2.75) is 12.8 Å². The van der Waals surface area contributed by atoms with Crippen LogP contribution in [0, 0.1) is 5.92 Å². The molecule has 1 aromatic rings. The summed E-state index contributed by atoms with van der Waals surface area (Å²) >= 11 is 5.98. The van der Waals surface area contributed by atoms with Crippen molar-refractivity contribution in [1.29, 1.82) is 0 Å². The summed E-state index contributed by atoms with van der Waals surface area (Å²) in [5.74, 6) is -0.388. The number of ether oxygens (including phenoxy) is 1. The van der Waals surface area contributed by atoms with Gasteiger partial charge in [-0.25, -0.2) is 0 Å². The Kier molecular flexibility index (Phi) is 5.78. The Hall–Kier alpha value is -2.12. The van der Waals surface area contributed by atoms with Gasteiger partial charge in [0.25, 0.3) is 0 Å². The molecule has 0 spiro atoms. The van der Waals surface area contributed by atoms with E-state index in [1.807, 2.05) is 0 Å². The average Bonchev–Trinajstić information content (AvgIpc) is 3.39. The van der Waals surface area contributed by atoms with Gasteiger partial charge in [-0.1, -0.05) is 17.7 Å². The number of nitrogens with zero attached hydrogens (tertiary/aromatic N) is 3. The summed E-state index contributed by atoms with van der Waals surface area (Å²) < 4.78 is 5.04. The van der Waals surface area contributed by atoms with Gasteiger partial charge in [0.05, 0.1) is 13.2 Å². The molecule has 7 nitrogen and oxygen atoms in total. The maximum absolute atomic E-state index is 12.6. The predicted octanol–water partition coefficient (Wildman–Crippen LogP) is 1.36. The molecular weight excluding hydrogens is 358 g/mol. The molecule has 2 aliphatic rings. The van der Waals surface area contributed by atoms with Crippen LogP contribution in [0.4, 0.5) is 5.69 Å². The normalized spacial score (nSPS) is 16.9. The third-order valence-electron chi connectivity index (χ3n) is 4.54. The van der Waals surface area contributed by atoms with Gasteiger partial charge in [0.1, 0.15) is 13.2 Å². The Morgan fingerprint density at radius 3 is 2.77 bits per heavy atom. The second-order valence-electron chi connectivity index (χ2n) is 6.56. The van der Waals surface area contributed by atoms with E-state index in [1.165, 1.54) is 14.7 Å². The molecule has 1 saturated carbocycles. The molecule has 140 valence electrons. The molecule has 3 rings (SSSR count). The number of benzene rings is 1. The van der Waals surface area contributed by atoms with Crippen LogP contribution in [0.25, 0.3) is 0 Å². The summed E-state index contributed by atoms with van der Waals surface area (Å²) in [5.41, 5.74) is 0.656. The number of anilines is 1. The molecule has 0 atom stereocenters. The van der Waals surface area contributed by atoms with E-state index in [9.17, 15) is 14.4 Å². The van der Waals surface area contributed by atoms with Crippen LogP contribution in [-0.2, 0) is 19.1 Å². The van der Waals surface area contributed by atoms with E-state index in [1.54, 1.807) is 31.4 Å². The van der Waals surface area contributed by atoms with Gasteiger partial charge >= 0.3 is 0 Å². The molecule has 1 aliphatic heterocycles. The van der Waals surface area contributed by atoms with Gasteiger partial charge in [-0.05, 0) is 31.0 Å². The van der Waals surface area contributed by atoms with Crippen molar-refractivity contribution >= 4 is 35.0 Å². The molecule has 0 bridgehead atoms. The van der Waals surface area contributed by atoms with Crippen molar-refractivity contribution in [1.82, 2.24) is 9.80 Å². The fourth-order valence-electron chi connectivity index (χ4n) is 2.91. The first-order valence-electron chi connectivity index (χ1n) is 8.61. The first-order chi connectivity index (χ1) is 12.5. The Balaban J connectivity index is 1.63. The molecule has 1 aromatic carbocycles. The van der Waals surface area contributed by atoms with Crippen LogP contribution in [-0.4, -0.2) is 67.5 Å². The van der Waals surface area contributed by atoms with E-state index >= 15 is 0 Å². The molecule has 2 fully saturated rings. The predicted molar refractivity (Wildman–Crippen MR) is 96.7 cm³/mol. The Morgan fingerprint density at radius 1 is 1.35 bits per heavy atom. The molecule has 8 heteroatoms. The van der Waals surface area contributed by atoms with E-state index in [0.29, 0.717) is 23.9 Å². The zero-order chi connectivity index (χ0) is 18.7. The van der Waals surface area contributed by atoms with Gasteiger partial charge in [0, 0.05) is 30.3 Å². The number of amides is 3. The van der Waals surface area contributed by atoms with Crippen molar-refractivity contribution in [3.8, 4) is 0 Å². The van der Waals surface area contributed by atoms with Crippen molar-refractivity contribution < 1.29 is 19.1 Å². The van der Waals surface area contributed by atoms with Gasteiger partial charge in [-0.2, -0.15) is 0 Å².